The molecule has 10 unspecified atom stereocenters. The molecule has 0 aromatic heterocycles. The van der Waals surface area contributed by atoms with Crippen LogP contribution in [0, 0.1) is 0 Å². The average molecular weight is 1190 g/mol. The Kier molecular flexibility index (Phi) is 27.2. The summed E-state index contributed by atoms with van der Waals surface area (Å²) in [6.45, 7) is 12.1. The quantitative estimate of drug-likeness (QED) is 0.0281. The van der Waals surface area contributed by atoms with Crippen LogP contribution in [0.1, 0.15) is 152 Å². The molecule has 23 nitrogen and oxygen atoms in total. The van der Waals surface area contributed by atoms with Crippen LogP contribution in [0.4, 0.5) is 0 Å². The summed E-state index contributed by atoms with van der Waals surface area (Å²) >= 11 is 0. The number of aliphatic hydroxyl groups is 7. The van der Waals surface area contributed by atoms with Crippen LogP contribution in [0.15, 0.2) is 97.1 Å². The molecule has 0 fully saturated rings. The largest absolute Gasteiger partial charge is 0.457 e. The Morgan fingerprint density at radius 1 is 0.271 bits per heavy atom. The van der Waals surface area contributed by atoms with Crippen molar-refractivity contribution in [3.05, 3.63) is 142 Å². The van der Waals surface area contributed by atoms with Crippen molar-refractivity contribution in [2.75, 3.05) is 65.4 Å². The van der Waals surface area contributed by atoms with Crippen LogP contribution in [0.2, 0.25) is 0 Å². The molecule has 10 atom stereocenters. The van der Waals surface area contributed by atoms with Crippen LogP contribution < -0.4 is 0 Å². The monoisotopic (exact) mass is 1190 g/mol. The van der Waals surface area contributed by atoms with E-state index in [4.69, 9.17) is 14.2 Å². The van der Waals surface area contributed by atoms with Crippen molar-refractivity contribution in [2.45, 2.75) is 130 Å². The van der Waals surface area contributed by atoms with Gasteiger partial charge in [-0.15, -0.1) is 0 Å². The van der Waals surface area contributed by atoms with Gasteiger partial charge in [0.05, 0.1) is 107 Å². The summed E-state index contributed by atoms with van der Waals surface area (Å²) in [4.78, 5) is 119. The van der Waals surface area contributed by atoms with E-state index in [0.717, 1.165) is 0 Å². The highest BCUT2D eigenvalue weighted by atomic mass is 16.6. The smallest absolute Gasteiger partial charge is 0.339 e. The van der Waals surface area contributed by atoms with Crippen molar-refractivity contribution < 1.29 is 88.3 Å². The first-order chi connectivity index (χ1) is 40.0. The average Bonchev–Trinajstić information content (AvgIpc) is 2.91. The maximum Gasteiger partial charge on any atom is 0.339 e. The van der Waals surface area contributed by atoms with Crippen LogP contribution in [0.5, 0.6) is 0 Å². The number of rotatable bonds is 31. The van der Waals surface area contributed by atoms with Crippen molar-refractivity contribution in [2.24, 2.45) is 0 Å². The van der Waals surface area contributed by atoms with Crippen molar-refractivity contribution in [3.8, 4) is 0 Å². The second-order valence-corrected chi connectivity index (χ2v) is 21.8. The van der Waals surface area contributed by atoms with Gasteiger partial charge in [0.2, 0.25) is 0 Å². The van der Waals surface area contributed by atoms with Crippen molar-refractivity contribution in [1.29, 1.82) is 0 Å². The summed E-state index contributed by atoms with van der Waals surface area (Å²) in [5, 5.41) is 71.6. The first-order valence-electron chi connectivity index (χ1n) is 28.2. The third-order valence-corrected chi connectivity index (χ3v) is 12.7. The molecule has 4 rings (SSSR count). The van der Waals surface area contributed by atoms with Gasteiger partial charge in [-0.2, -0.15) is 0 Å². The number of benzene rings is 4. The summed E-state index contributed by atoms with van der Waals surface area (Å²) in [6, 6.07) is 23.0. The summed E-state index contributed by atoms with van der Waals surface area (Å²) in [7, 11) is 0. The fourth-order valence-corrected chi connectivity index (χ4v) is 9.47. The van der Waals surface area contributed by atoms with E-state index in [1.165, 1.54) is 191 Å². The van der Waals surface area contributed by atoms with Gasteiger partial charge in [0, 0.05) is 45.8 Å². The highest BCUT2D eigenvalue weighted by Gasteiger charge is 2.33. The molecule has 4 aromatic carbocycles. The van der Waals surface area contributed by atoms with Gasteiger partial charge in [0.15, 0.2) is 0 Å². The van der Waals surface area contributed by atoms with Crippen LogP contribution >= 0.6 is 0 Å². The minimum absolute atomic E-state index is 0.0728. The van der Waals surface area contributed by atoms with E-state index >= 15 is 4.79 Å². The number of carbonyl (C=O) groups is 8. The lowest BCUT2D eigenvalue weighted by Crippen LogP contribution is -2.45. The molecule has 0 bridgehead atoms. The molecule has 0 spiro atoms. The second kappa shape index (κ2) is 33.2. The summed E-state index contributed by atoms with van der Waals surface area (Å²) in [5.41, 5.74) is -1.14. The van der Waals surface area contributed by atoms with E-state index in [-0.39, 0.29) is 96.9 Å². The van der Waals surface area contributed by atoms with Crippen LogP contribution in [0.25, 0.3) is 0 Å². The fourth-order valence-electron chi connectivity index (χ4n) is 9.47. The predicted molar refractivity (Wildman–Crippen MR) is 312 cm³/mol. The molecule has 0 aliphatic heterocycles. The third kappa shape index (κ3) is 21.4. The molecule has 0 aliphatic carbocycles. The highest BCUT2D eigenvalue weighted by molar-refractivity contribution is 6.09. The molecule has 4 aromatic rings. The first-order valence-corrected chi connectivity index (χ1v) is 28.2. The third-order valence-electron chi connectivity index (χ3n) is 12.7. The summed E-state index contributed by atoms with van der Waals surface area (Å²) in [6.07, 6.45) is -10.5. The molecule has 464 valence electrons. The van der Waals surface area contributed by atoms with Crippen LogP contribution in [-0.4, -0.2) is 234 Å². The number of ether oxygens (including phenoxy) is 3. The van der Waals surface area contributed by atoms with E-state index in [1.54, 1.807) is 0 Å². The van der Waals surface area contributed by atoms with Crippen molar-refractivity contribution in [3.63, 3.8) is 0 Å². The lowest BCUT2D eigenvalue weighted by molar-refractivity contribution is 0.0103. The van der Waals surface area contributed by atoms with Gasteiger partial charge >= 0.3 is 17.9 Å². The lowest BCUT2D eigenvalue weighted by Gasteiger charge is -2.31. The van der Waals surface area contributed by atoms with E-state index in [9.17, 15) is 69.3 Å². The van der Waals surface area contributed by atoms with Crippen LogP contribution in [-0.2, 0) is 14.2 Å². The maximum absolute atomic E-state index is 15.2. The molecular weight excluding hydrogens is 1100 g/mol. The molecule has 5 amide bonds. The van der Waals surface area contributed by atoms with E-state index < -0.39 is 122 Å². The van der Waals surface area contributed by atoms with Gasteiger partial charge in [0.25, 0.3) is 29.5 Å². The number of esters is 3. The molecule has 23 heteroatoms. The van der Waals surface area contributed by atoms with Crippen molar-refractivity contribution in [1.82, 2.24) is 24.5 Å². The van der Waals surface area contributed by atoms with Gasteiger partial charge in [0.1, 0.15) is 18.3 Å². The van der Waals surface area contributed by atoms with E-state index in [0.29, 0.717) is 0 Å². The molecule has 0 radical (unpaired) electrons. The standard InChI is InChI=1S/C62H83N5O18/c1-37(68)27-63(28-38(2)69)57(77)49-21-13-16-24-52(49)60(80)83-44(8)34-66(33-43(7)74)55(75)47-19-11-12-20-48(47)56(76)67(35-45(9)84-61(81)53-25-17-14-22-50(53)58(78)64(29-39(3)70)30-40(4)71)36-46(10)85-62(82)54-26-18-15-23-51(54)59(79)65(31-41(5)72)32-42(6)73/h11-26,37-46,68-74H,27-36H2,1-10H3. The molecule has 0 heterocycles. The summed E-state index contributed by atoms with van der Waals surface area (Å²) < 4.78 is 17.6. The zero-order valence-electron chi connectivity index (χ0n) is 49.9. The normalized spacial score (nSPS) is 14.8. The Labute approximate surface area is 495 Å². The molecule has 7 N–H and O–H groups in total. The Morgan fingerprint density at radius 2 is 0.412 bits per heavy atom. The Morgan fingerprint density at radius 3 is 0.588 bits per heavy atom. The highest BCUT2D eigenvalue weighted by Crippen LogP contribution is 2.23. The number of hydrogen-bond donors (Lipinski definition) is 7. The topological polar surface area (TPSA) is 322 Å². The Bertz CT molecular complexity index is 2780. The zero-order chi connectivity index (χ0) is 63.4. The second-order valence-electron chi connectivity index (χ2n) is 21.8. The minimum Gasteiger partial charge on any atom is -0.457 e. The Hall–Kier alpha value is -7.64. The number of hydrogen-bond acceptors (Lipinski definition) is 18. The molecule has 85 heavy (non-hydrogen) atoms. The molecule has 0 aliphatic rings. The van der Waals surface area contributed by atoms with Crippen molar-refractivity contribution >= 4 is 47.4 Å². The van der Waals surface area contributed by atoms with Gasteiger partial charge in [-0.3, -0.25) is 24.0 Å². The summed E-state index contributed by atoms with van der Waals surface area (Å²) in [5.74, 6) is -6.56. The fraction of sp³-hybridized carbons (Fsp3) is 0.484. The van der Waals surface area contributed by atoms with Gasteiger partial charge < -0.3 is 74.5 Å². The predicted octanol–water partition coefficient (Wildman–Crippen LogP) is 3.30. The Balaban J connectivity index is 1.72. The number of nitrogens with zero attached hydrogens (tertiary/aromatic N) is 5. The first kappa shape index (κ1) is 69.9. The molecule has 0 saturated carbocycles. The number of carbonyl (C=O) groups excluding carboxylic acids is 8. The van der Waals surface area contributed by atoms with E-state index in [2.05, 4.69) is 0 Å². The lowest BCUT2D eigenvalue weighted by atomic mass is 10.0. The number of amides is 5. The van der Waals surface area contributed by atoms with Gasteiger partial charge in [-0.1, -0.05) is 48.5 Å². The molecule has 0 saturated heterocycles. The zero-order valence-corrected chi connectivity index (χ0v) is 49.9. The van der Waals surface area contributed by atoms with Gasteiger partial charge in [-0.25, -0.2) is 14.4 Å². The minimum atomic E-state index is -1.19. The number of aliphatic hydroxyl groups excluding tert-OH is 7. The van der Waals surface area contributed by atoms with E-state index in [1.807, 2.05) is 0 Å². The maximum atomic E-state index is 15.2. The van der Waals surface area contributed by atoms with Gasteiger partial charge in [-0.05, 0) is 118 Å². The molecular formula is C62H83N5O18. The van der Waals surface area contributed by atoms with Crippen LogP contribution in [0.3, 0.4) is 0 Å². The SMILES string of the molecule is CC(O)CN(CC(C)O)C(=O)c1ccccc1C(=O)OC(C)CN(CC(C)O)C(=O)c1ccccc1C(=O)N(CC(C)OC(=O)c1ccccc1C(=O)N(CC(C)O)CC(C)O)CC(C)OC(=O)c1ccccc1C(=O)N(CC(C)O)CC(C)O.